The van der Waals surface area contributed by atoms with Crippen molar-refractivity contribution in [3.05, 3.63) is 264 Å². The number of thiophene rings is 2. The minimum atomic E-state index is 1.17. The van der Waals surface area contributed by atoms with Gasteiger partial charge in [-0.05, 0) is 220 Å². The van der Waals surface area contributed by atoms with Crippen molar-refractivity contribution in [3.8, 4) is 32.7 Å². The highest BCUT2D eigenvalue weighted by Crippen LogP contribution is 2.47. The smallest absolute Gasteiger partial charge is 0.0361 e. The van der Waals surface area contributed by atoms with Gasteiger partial charge < -0.3 is 0 Å². The minimum absolute atomic E-state index is 1.17. The first-order valence-corrected chi connectivity index (χ1v) is 30.1. The van der Waals surface area contributed by atoms with E-state index in [0.717, 1.165) is 0 Å². The van der Waals surface area contributed by atoms with Gasteiger partial charge in [0.1, 0.15) is 0 Å². The lowest BCUT2D eigenvalue weighted by molar-refractivity contribution is 1.02. The van der Waals surface area contributed by atoms with E-state index in [1.807, 2.05) is 22.7 Å². The highest BCUT2D eigenvalue weighted by atomic mass is 32.1. The number of aryl methyl sites for hydroxylation is 5. The summed E-state index contributed by atoms with van der Waals surface area (Å²) in [6.45, 7) is 6.63. The van der Waals surface area contributed by atoms with Gasteiger partial charge in [0.15, 0.2) is 0 Å². The molecule has 1 aliphatic carbocycles. The summed E-state index contributed by atoms with van der Waals surface area (Å²) in [5.41, 5.74) is 13.8. The first-order valence-electron chi connectivity index (χ1n) is 28.4. The second-order valence-electron chi connectivity index (χ2n) is 22.7. The minimum Gasteiger partial charge on any atom is -0.143 e. The molecule has 0 nitrogen and oxygen atoms in total. The van der Waals surface area contributed by atoms with E-state index in [9.17, 15) is 0 Å². The monoisotopic (exact) mass is 1060 g/mol. The Hall–Kier alpha value is -9.18. The first kappa shape index (κ1) is 46.7. The van der Waals surface area contributed by atoms with Gasteiger partial charge in [0.2, 0.25) is 0 Å². The van der Waals surface area contributed by atoms with Crippen molar-refractivity contribution in [2.75, 3.05) is 0 Å². The quantitative estimate of drug-likeness (QED) is 0.155. The Balaban J connectivity index is 0.0000000970. The van der Waals surface area contributed by atoms with Gasteiger partial charge in [-0.15, -0.1) is 22.7 Å². The van der Waals surface area contributed by atoms with E-state index < -0.39 is 0 Å². The van der Waals surface area contributed by atoms with Crippen LogP contribution in [0.3, 0.4) is 0 Å². The van der Waals surface area contributed by atoms with E-state index in [1.165, 1.54) is 201 Å². The van der Waals surface area contributed by atoms with Crippen LogP contribution < -0.4 is 0 Å². The SMILES string of the molecule is Cc1ccc2ccc3c(-c4cc5ccccc5s4)ccc4ccc1c2c43.Cc1ccc2ccc3c(-c4ccc5c6c(cccc46)CC5)ccc4ccc1c2c43.Cc1ccc2ccc3c(-c4csc5ccccc45)ccc4ccc1c2c43. The lowest BCUT2D eigenvalue weighted by Gasteiger charge is -2.16. The van der Waals surface area contributed by atoms with E-state index in [2.05, 4.69) is 257 Å². The van der Waals surface area contributed by atoms with E-state index >= 15 is 0 Å². The molecule has 18 aromatic rings. The largest absolute Gasteiger partial charge is 0.143 e. The molecule has 0 fully saturated rings. The average molecular weight is 1070 g/mol. The third-order valence-corrected chi connectivity index (χ3v) is 20.4. The van der Waals surface area contributed by atoms with Crippen molar-refractivity contribution >= 4 is 151 Å². The molecular formula is C79H52S2. The average Bonchev–Trinajstić information content (AvgIpc) is 4.39. The molecule has 0 spiro atoms. The Bertz CT molecular complexity index is 5520. The summed E-state index contributed by atoms with van der Waals surface area (Å²) in [5.74, 6) is 0. The molecular weight excluding hydrogens is 1010 g/mol. The lowest BCUT2D eigenvalue weighted by atomic mass is 9.87. The maximum Gasteiger partial charge on any atom is 0.0361 e. The number of benzene rings is 16. The van der Waals surface area contributed by atoms with Gasteiger partial charge in [-0.3, -0.25) is 0 Å². The second kappa shape index (κ2) is 17.9. The number of fused-ring (bicyclic) bond motifs is 2. The Morgan fingerprint density at radius 3 is 1.19 bits per heavy atom. The van der Waals surface area contributed by atoms with Crippen LogP contribution in [0.1, 0.15) is 27.8 Å². The highest BCUT2D eigenvalue weighted by Gasteiger charge is 2.21. The molecule has 0 amide bonds. The summed E-state index contributed by atoms with van der Waals surface area (Å²) in [5, 5.41) is 32.5. The molecule has 2 aromatic heterocycles. The van der Waals surface area contributed by atoms with Crippen LogP contribution in [0.5, 0.6) is 0 Å². The molecule has 16 aromatic carbocycles. The summed E-state index contributed by atoms with van der Waals surface area (Å²) in [6, 6.07) is 86.0. The number of hydrogen-bond acceptors (Lipinski definition) is 2. The molecule has 81 heavy (non-hydrogen) atoms. The molecule has 19 rings (SSSR count). The predicted molar refractivity (Wildman–Crippen MR) is 357 cm³/mol. The van der Waals surface area contributed by atoms with Crippen molar-refractivity contribution in [3.63, 3.8) is 0 Å². The zero-order valence-electron chi connectivity index (χ0n) is 45.2. The van der Waals surface area contributed by atoms with Gasteiger partial charge >= 0.3 is 0 Å². The molecule has 2 heteroatoms. The zero-order valence-corrected chi connectivity index (χ0v) is 46.9. The van der Waals surface area contributed by atoms with Gasteiger partial charge in [0.25, 0.3) is 0 Å². The van der Waals surface area contributed by atoms with Gasteiger partial charge in [-0.2, -0.15) is 0 Å². The lowest BCUT2D eigenvalue weighted by Crippen LogP contribution is -1.90. The molecule has 0 saturated carbocycles. The van der Waals surface area contributed by atoms with E-state index in [-0.39, 0.29) is 0 Å². The van der Waals surface area contributed by atoms with Crippen LogP contribution >= 0.6 is 22.7 Å². The Morgan fingerprint density at radius 2 is 0.642 bits per heavy atom. The van der Waals surface area contributed by atoms with E-state index in [1.54, 1.807) is 0 Å². The third kappa shape index (κ3) is 7.07. The molecule has 0 bridgehead atoms. The summed E-state index contributed by atoms with van der Waals surface area (Å²) < 4.78 is 2.70. The number of hydrogen-bond donors (Lipinski definition) is 0. The molecule has 0 N–H and O–H groups in total. The maximum absolute atomic E-state index is 2.36. The molecule has 0 radical (unpaired) electrons. The first-order chi connectivity index (χ1) is 39.9. The third-order valence-electron chi connectivity index (χ3n) is 18.3. The van der Waals surface area contributed by atoms with E-state index in [4.69, 9.17) is 0 Å². The molecule has 0 atom stereocenters. The van der Waals surface area contributed by atoms with Crippen LogP contribution in [0.15, 0.2) is 236 Å². The molecule has 0 aliphatic heterocycles. The fourth-order valence-corrected chi connectivity index (χ4v) is 16.4. The fourth-order valence-electron chi connectivity index (χ4n) is 14.3. The summed E-state index contributed by atoms with van der Waals surface area (Å²) in [4.78, 5) is 1.35. The van der Waals surface area contributed by atoms with Gasteiger partial charge in [-0.25, -0.2) is 0 Å². The van der Waals surface area contributed by atoms with Crippen molar-refractivity contribution < 1.29 is 0 Å². The van der Waals surface area contributed by atoms with Crippen molar-refractivity contribution in [2.45, 2.75) is 33.6 Å². The Morgan fingerprint density at radius 1 is 0.259 bits per heavy atom. The molecule has 2 heterocycles. The maximum atomic E-state index is 2.36. The highest BCUT2D eigenvalue weighted by molar-refractivity contribution is 7.22. The predicted octanol–water partition coefficient (Wildman–Crippen LogP) is 23.4. The topological polar surface area (TPSA) is 0 Å². The summed E-state index contributed by atoms with van der Waals surface area (Å²) in [6.07, 6.45) is 2.35. The molecule has 0 saturated heterocycles. The standard InChI is InChI=1S/C29H20.2C25H16S/c1-17-5-6-20-12-16-26-24(15-11-21-9-13-22(17)28(20)29(21)26)23-14-10-19-8-7-18-3-2-4-25(23)27(18)19;1-15-6-7-16-10-13-21-19(22-14-26-23-5-3-2-4-20(22)23)12-9-17-8-11-18(15)24(16)25(17)21;1-15-6-7-16-10-13-21-20(23-14-18-4-2-3-5-22(18)26-23)12-9-17-8-11-19(15)24(16)25(17)21/h2-6,9-16H,7-8H2,1H3;2*2-14H,1H3. The number of rotatable bonds is 3. The van der Waals surface area contributed by atoms with Gasteiger partial charge in [0, 0.05) is 25.2 Å². The van der Waals surface area contributed by atoms with Gasteiger partial charge in [0.05, 0.1) is 0 Å². The van der Waals surface area contributed by atoms with Crippen molar-refractivity contribution in [1.29, 1.82) is 0 Å². The summed E-state index contributed by atoms with van der Waals surface area (Å²) >= 11 is 3.71. The van der Waals surface area contributed by atoms with Crippen LogP contribution in [-0.4, -0.2) is 0 Å². The molecule has 380 valence electrons. The van der Waals surface area contributed by atoms with Crippen LogP contribution in [0.2, 0.25) is 0 Å². The fraction of sp³-hybridized carbons (Fsp3) is 0.0633. The van der Waals surface area contributed by atoms with Crippen LogP contribution in [0, 0.1) is 20.8 Å². The molecule has 1 aliphatic rings. The normalized spacial score (nSPS) is 12.5. The second-order valence-corrected chi connectivity index (χ2v) is 24.7. The summed E-state index contributed by atoms with van der Waals surface area (Å²) in [7, 11) is 0. The molecule has 0 unspecified atom stereocenters. The van der Waals surface area contributed by atoms with Gasteiger partial charge in [-0.1, -0.05) is 212 Å². The van der Waals surface area contributed by atoms with Crippen molar-refractivity contribution in [2.24, 2.45) is 0 Å². The van der Waals surface area contributed by atoms with Crippen LogP contribution in [-0.2, 0) is 12.8 Å². The van der Waals surface area contributed by atoms with Crippen LogP contribution in [0.25, 0.3) is 161 Å². The van der Waals surface area contributed by atoms with E-state index in [0.29, 0.717) is 0 Å². The van der Waals surface area contributed by atoms with Crippen LogP contribution in [0.4, 0.5) is 0 Å². The zero-order chi connectivity index (χ0) is 53.6. The Labute approximate surface area is 477 Å². The van der Waals surface area contributed by atoms with Crippen molar-refractivity contribution in [1.82, 2.24) is 0 Å². The Kier molecular flexibility index (Phi) is 10.3.